The molecule has 0 bridgehead atoms. The van der Waals surface area contributed by atoms with Crippen LogP contribution < -0.4 is 10.6 Å². The molecule has 0 radical (unpaired) electrons. The van der Waals surface area contributed by atoms with Gasteiger partial charge >= 0.3 is 12.2 Å². The van der Waals surface area contributed by atoms with Gasteiger partial charge in [-0.25, -0.2) is 4.79 Å². The van der Waals surface area contributed by atoms with Crippen LogP contribution in [0.3, 0.4) is 0 Å². The van der Waals surface area contributed by atoms with Crippen molar-refractivity contribution in [1.82, 2.24) is 10.6 Å². The van der Waals surface area contributed by atoms with E-state index < -0.39 is 18.8 Å². The van der Waals surface area contributed by atoms with Gasteiger partial charge in [0.25, 0.3) is 0 Å². The zero-order chi connectivity index (χ0) is 12.1. The zero-order valence-electron chi connectivity index (χ0n) is 9.16. The first kappa shape index (κ1) is 14.1. The molecule has 0 spiro atoms. The van der Waals surface area contributed by atoms with E-state index in [0.717, 1.165) is 0 Å². The summed E-state index contributed by atoms with van der Waals surface area (Å²) in [5, 5.41) is 4.10. The molecule has 15 heavy (non-hydrogen) atoms. The summed E-state index contributed by atoms with van der Waals surface area (Å²) in [6.07, 6.45) is -3.65. The van der Waals surface area contributed by atoms with Gasteiger partial charge in [-0.05, 0) is 11.8 Å². The van der Waals surface area contributed by atoms with Crippen LogP contribution >= 0.6 is 0 Å². The maximum atomic E-state index is 11.7. The van der Waals surface area contributed by atoms with Gasteiger partial charge in [-0.15, -0.1) is 0 Å². The van der Waals surface area contributed by atoms with Gasteiger partial charge in [-0.3, -0.25) is 0 Å². The summed E-state index contributed by atoms with van der Waals surface area (Å²) < 4.78 is 35.1. The number of rotatable bonds is 3. The topological polar surface area (TPSA) is 41.1 Å². The van der Waals surface area contributed by atoms with Crippen molar-refractivity contribution in [3.8, 4) is 0 Å². The molecule has 0 aliphatic rings. The van der Waals surface area contributed by atoms with Crippen LogP contribution in [-0.4, -0.2) is 25.3 Å². The Hall–Kier alpha value is -0.940. The van der Waals surface area contributed by atoms with Crippen molar-refractivity contribution in [1.29, 1.82) is 0 Å². The van der Waals surface area contributed by atoms with Crippen LogP contribution in [0, 0.1) is 5.41 Å². The van der Waals surface area contributed by atoms with Crippen LogP contribution in [0.2, 0.25) is 0 Å². The van der Waals surface area contributed by atoms with E-state index in [2.05, 4.69) is 5.32 Å². The monoisotopic (exact) mass is 226 g/mol. The fourth-order valence-corrected chi connectivity index (χ4v) is 0.794. The van der Waals surface area contributed by atoms with Crippen LogP contribution in [0.4, 0.5) is 18.0 Å². The van der Waals surface area contributed by atoms with Crippen LogP contribution in [0.15, 0.2) is 0 Å². The lowest BCUT2D eigenvalue weighted by molar-refractivity contribution is -0.122. The summed E-state index contributed by atoms with van der Waals surface area (Å²) in [7, 11) is 0. The molecule has 0 aromatic rings. The predicted molar refractivity (Wildman–Crippen MR) is 51.5 cm³/mol. The number of carbonyl (C=O) groups is 1. The number of alkyl halides is 3. The highest BCUT2D eigenvalue weighted by atomic mass is 19.4. The SMILES string of the molecule is CC(C)(C)CCNC(=O)NCC(F)(F)F. The van der Waals surface area contributed by atoms with Crippen molar-refractivity contribution in [2.45, 2.75) is 33.4 Å². The van der Waals surface area contributed by atoms with Crippen LogP contribution in [-0.2, 0) is 0 Å². The zero-order valence-corrected chi connectivity index (χ0v) is 9.16. The van der Waals surface area contributed by atoms with Crippen LogP contribution in [0.1, 0.15) is 27.2 Å². The number of halogens is 3. The Morgan fingerprint density at radius 2 is 1.67 bits per heavy atom. The molecule has 0 aliphatic carbocycles. The molecule has 3 nitrogen and oxygen atoms in total. The second-order valence-corrected chi connectivity index (χ2v) is 4.54. The highest BCUT2D eigenvalue weighted by Gasteiger charge is 2.27. The summed E-state index contributed by atoms with van der Waals surface area (Å²) in [5.41, 5.74) is 0.0529. The molecular formula is C9H17F3N2O. The molecular weight excluding hydrogens is 209 g/mol. The van der Waals surface area contributed by atoms with E-state index in [1.165, 1.54) is 0 Å². The fraction of sp³-hybridized carbons (Fsp3) is 0.889. The minimum Gasteiger partial charge on any atom is -0.338 e. The van der Waals surface area contributed by atoms with Crippen molar-refractivity contribution in [3.63, 3.8) is 0 Å². The maximum Gasteiger partial charge on any atom is 0.405 e. The largest absolute Gasteiger partial charge is 0.405 e. The summed E-state index contributed by atoms with van der Waals surface area (Å²) in [5.74, 6) is 0. The van der Waals surface area contributed by atoms with Crippen molar-refractivity contribution in [2.75, 3.05) is 13.1 Å². The molecule has 2 amide bonds. The average molecular weight is 226 g/mol. The van der Waals surface area contributed by atoms with E-state index in [0.29, 0.717) is 13.0 Å². The Labute approximate surface area is 87.4 Å². The lowest BCUT2D eigenvalue weighted by atomic mass is 9.92. The Morgan fingerprint density at radius 1 is 1.13 bits per heavy atom. The van der Waals surface area contributed by atoms with Gasteiger partial charge in [0.05, 0.1) is 0 Å². The van der Waals surface area contributed by atoms with Gasteiger partial charge in [0.15, 0.2) is 0 Å². The van der Waals surface area contributed by atoms with E-state index >= 15 is 0 Å². The van der Waals surface area contributed by atoms with E-state index in [9.17, 15) is 18.0 Å². The van der Waals surface area contributed by atoms with Crippen molar-refractivity contribution in [3.05, 3.63) is 0 Å². The Morgan fingerprint density at radius 3 is 2.07 bits per heavy atom. The highest BCUT2D eigenvalue weighted by molar-refractivity contribution is 5.73. The van der Waals surface area contributed by atoms with Crippen molar-refractivity contribution < 1.29 is 18.0 Å². The quantitative estimate of drug-likeness (QED) is 0.761. The van der Waals surface area contributed by atoms with Crippen molar-refractivity contribution >= 4 is 6.03 Å². The Bertz CT molecular complexity index is 208. The van der Waals surface area contributed by atoms with Gasteiger partial charge < -0.3 is 10.6 Å². The lowest BCUT2D eigenvalue weighted by Gasteiger charge is -2.18. The third kappa shape index (κ3) is 11.0. The van der Waals surface area contributed by atoms with Crippen LogP contribution in [0.5, 0.6) is 0 Å². The van der Waals surface area contributed by atoms with E-state index in [1.54, 1.807) is 5.32 Å². The molecule has 2 N–H and O–H groups in total. The first-order valence-corrected chi connectivity index (χ1v) is 4.69. The minimum atomic E-state index is -4.36. The summed E-state index contributed by atoms with van der Waals surface area (Å²) in [4.78, 5) is 10.9. The third-order valence-corrected chi connectivity index (χ3v) is 1.61. The van der Waals surface area contributed by atoms with Gasteiger partial charge in [-0.2, -0.15) is 13.2 Å². The molecule has 0 saturated carbocycles. The van der Waals surface area contributed by atoms with Gasteiger partial charge in [0, 0.05) is 6.54 Å². The molecule has 0 heterocycles. The molecule has 0 aromatic carbocycles. The first-order chi connectivity index (χ1) is 6.60. The third-order valence-electron chi connectivity index (χ3n) is 1.61. The lowest BCUT2D eigenvalue weighted by Crippen LogP contribution is -2.41. The molecule has 0 atom stereocenters. The van der Waals surface area contributed by atoms with Gasteiger partial charge in [-0.1, -0.05) is 20.8 Å². The Balaban J connectivity index is 3.60. The second kappa shape index (κ2) is 5.23. The smallest absolute Gasteiger partial charge is 0.338 e. The standard InChI is InChI=1S/C9H17F3N2O/c1-8(2,3)4-5-13-7(15)14-6-9(10,11)12/h4-6H2,1-3H3,(H2,13,14,15). The van der Waals surface area contributed by atoms with E-state index in [4.69, 9.17) is 0 Å². The molecule has 0 fully saturated rings. The number of carbonyl (C=O) groups excluding carboxylic acids is 1. The molecule has 0 unspecified atom stereocenters. The summed E-state index contributed by atoms with van der Waals surface area (Å²) >= 11 is 0. The number of nitrogens with one attached hydrogen (secondary N) is 2. The number of urea groups is 1. The van der Waals surface area contributed by atoms with E-state index in [-0.39, 0.29) is 5.41 Å². The second-order valence-electron chi connectivity index (χ2n) is 4.54. The maximum absolute atomic E-state index is 11.7. The van der Waals surface area contributed by atoms with Gasteiger partial charge in [0.2, 0.25) is 0 Å². The molecule has 0 rings (SSSR count). The first-order valence-electron chi connectivity index (χ1n) is 4.69. The fourth-order valence-electron chi connectivity index (χ4n) is 0.794. The highest BCUT2D eigenvalue weighted by Crippen LogP contribution is 2.16. The predicted octanol–water partition coefficient (Wildman–Crippen LogP) is 2.28. The summed E-state index contributed by atoms with van der Waals surface area (Å²) in [6, 6.07) is -0.781. The van der Waals surface area contributed by atoms with Gasteiger partial charge in [0.1, 0.15) is 6.54 Å². The number of amides is 2. The van der Waals surface area contributed by atoms with Crippen LogP contribution in [0.25, 0.3) is 0 Å². The minimum absolute atomic E-state index is 0.0529. The average Bonchev–Trinajstić information content (AvgIpc) is 1.97. The molecule has 90 valence electrons. The molecule has 6 heteroatoms. The summed E-state index contributed by atoms with van der Waals surface area (Å²) in [6.45, 7) is 5.04. The molecule has 0 saturated heterocycles. The molecule has 0 aliphatic heterocycles. The Kier molecular flexibility index (Phi) is 4.90. The normalized spacial score (nSPS) is 12.4. The number of hydrogen-bond donors (Lipinski definition) is 2. The van der Waals surface area contributed by atoms with Crippen molar-refractivity contribution in [2.24, 2.45) is 5.41 Å². The van der Waals surface area contributed by atoms with E-state index in [1.807, 2.05) is 20.8 Å². The molecule has 0 aromatic heterocycles. The number of hydrogen-bond acceptors (Lipinski definition) is 1.